The summed E-state index contributed by atoms with van der Waals surface area (Å²) in [6.07, 6.45) is 5.71. The predicted molar refractivity (Wildman–Crippen MR) is 69.3 cm³/mol. The Bertz CT molecular complexity index is 348. The highest BCUT2D eigenvalue weighted by Gasteiger charge is 2.20. The first-order valence-electron chi connectivity index (χ1n) is 6.31. The molecule has 0 aromatic heterocycles. The van der Waals surface area contributed by atoms with Crippen LogP contribution in [-0.2, 0) is 0 Å². The Hall–Kier alpha value is -1.28. The van der Waals surface area contributed by atoms with Gasteiger partial charge in [0.25, 0.3) is 0 Å². The Morgan fingerprint density at radius 3 is 2.41 bits per heavy atom. The summed E-state index contributed by atoms with van der Waals surface area (Å²) in [5.74, 6) is 1.50. The molecule has 0 spiro atoms. The molecule has 1 saturated carbocycles. The van der Waals surface area contributed by atoms with Crippen molar-refractivity contribution in [2.24, 2.45) is 0 Å². The molecule has 0 saturated heterocycles. The van der Waals surface area contributed by atoms with Crippen LogP contribution in [-0.4, -0.2) is 17.8 Å². The second-order valence-corrected chi connectivity index (χ2v) is 4.67. The van der Waals surface area contributed by atoms with E-state index in [0.29, 0.717) is 12.5 Å². The van der Waals surface area contributed by atoms with Crippen molar-refractivity contribution in [3.8, 4) is 5.75 Å². The summed E-state index contributed by atoms with van der Waals surface area (Å²) in [6.45, 7) is 4.18. The highest BCUT2D eigenvalue weighted by atomic mass is 16.5. The van der Waals surface area contributed by atoms with Gasteiger partial charge in [0.2, 0.25) is 0 Å². The van der Waals surface area contributed by atoms with Gasteiger partial charge in [-0.05, 0) is 49.3 Å². The molecule has 0 amide bonds. The maximum absolute atomic E-state index is 9.49. The van der Waals surface area contributed by atoms with Crippen LogP contribution in [0.15, 0.2) is 36.9 Å². The Labute approximate surface area is 103 Å². The minimum Gasteiger partial charge on any atom is -0.490 e. The molecule has 0 aliphatic heterocycles. The molecular formula is C15H20O2. The molecular weight excluding hydrogens is 212 g/mol. The Morgan fingerprint density at radius 1 is 1.18 bits per heavy atom. The number of aliphatic hydroxyl groups excluding tert-OH is 1. The Kier molecular flexibility index (Phi) is 4.21. The summed E-state index contributed by atoms with van der Waals surface area (Å²) in [7, 11) is 0. The van der Waals surface area contributed by atoms with Gasteiger partial charge < -0.3 is 9.84 Å². The lowest BCUT2D eigenvalue weighted by molar-refractivity contribution is 0.122. The van der Waals surface area contributed by atoms with E-state index in [9.17, 15) is 5.11 Å². The van der Waals surface area contributed by atoms with Crippen molar-refractivity contribution in [2.75, 3.05) is 6.61 Å². The van der Waals surface area contributed by atoms with Crippen LogP contribution in [0.25, 0.3) is 0 Å². The molecule has 0 bridgehead atoms. The minimum atomic E-state index is -0.0820. The molecule has 1 aromatic rings. The Balaban J connectivity index is 1.95. The van der Waals surface area contributed by atoms with E-state index in [1.807, 2.05) is 12.1 Å². The quantitative estimate of drug-likeness (QED) is 0.807. The molecule has 1 fully saturated rings. The zero-order valence-electron chi connectivity index (χ0n) is 10.1. The lowest BCUT2D eigenvalue weighted by atomic mass is 9.83. The SMILES string of the molecule is C=CCOc1ccc(C2CCC(O)CC2)cc1. The molecule has 2 heteroatoms. The maximum Gasteiger partial charge on any atom is 0.119 e. The van der Waals surface area contributed by atoms with E-state index in [1.54, 1.807) is 6.08 Å². The van der Waals surface area contributed by atoms with Crippen LogP contribution in [0, 0.1) is 0 Å². The van der Waals surface area contributed by atoms with Crippen LogP contribution in [0.1, 0.15) is 37.2 Å². The number of aliphatic hydroxyl groups is 1. The summed E-state index contributed by atoms with van der Waals surface area (Å²) < 4.78 is 5.46. The Morgan fingerprint density at radius 2 is 1.82 bits per heavy atom. The standard InChI is InChI=1S/C15H20O2/c1-2-11-17-15-9-5-13(6-10-15)12-3-7-14(16)8-4-12/h2,5-6,9-10,12,14,16H,1,3-4,7-8,11H2. The van der Waals surface area contributed by atoms with Crippen LogP contribution in [0.2, 0.25) is 0 Å². The van der Waals surface area contributed by atoms with Crippen molar-refractivity contribution in [1.82, 2.24) is 0 Å². The van der Waals surface area contributed by atoms with Gasteiger partial charge in [0.05, 0.1) is 6.10 Å². The van der Waals surface area contributed by atoms with Gasteiger partial charge in [0.1, 0.15) is 12.4 Å². The van der Waals surface area contributed by atoms with Crippen LogP contribution < -0.4 is 4.74 Å². The molecule has 92 valence electrons. The number of rotatable bonds is 4. The second kappa shape index (κ2) is 5.87. The zero-order valence-corrected chi connectivity index (χ0v) is 10.1. The molecule has 1 aliphatic carbocycles. The lowest BCUT2D eigenvalue weighted by Crippen LogP contribution is -2.16. The van der Waals surface area contributed by atoms with Crippen molar-refractivity contribution < 1.29 is 9.84 Å². The molecule has 1 aliphatic rings. The summed E-state index contributed by atoms with van der Waals surface area (Å²) in [5, 5.41) is 9.49. The van der Waals surface area contributed by atoms with E-state index in [4.69, 9.17) is 4.74 Å². The van der Waals surface area contributed by atoms with Crippen molar-refractivity contribution >= 4 is 0 Å². The predicted octanol–water partition coefficient (Wildman–Crippen LogP) is 3.27. The van der Waals surface area contributed by atoms with Crippen LogP contribution >= 0.6 is 0 Å². The molecule has 1 aromatic carbocycles. The van der Waals surface area contributed by atoms with E-state index in [2.05, 4.69) is 18.7 Å². The van der Waals surface area contributed by atoms with Gasteiger partial charge in [0.15, 0.2) is 0 Å². The molecule has 17 heavy (non-hydrogen) atoms. The third-order valence-corrected chi connectivity index (χ3v) is 3.42. The van der Waals surface area contributed by atoms with Crippen molar-refractivity contribution in [2.45, 2.75) is 37.7 Å². The fraction of sp³-hybridized carbons (Fsp3) is 0.467. The third kappa shape index (κ3) is 3.34. The fourth-order valence-corrected chi connectivity index (χ4v) is 2.40. The van der Waals surface area contributed by atoms with Crippen molar-refractivity contribution in [3.05, 3.63) is 42.5 Å². The third-order valence-electron chi connectivity index (χ3n) is 3.42. The van der Waals surface area contributed by atoms with Gasteiger partial charge in [0, 0.05) is 0 Å². The molecule has 0 unspecified atom stereocenters. The summed E-state index contributed by atoms with van der Waals surface area (Å²) in [6, 6.07) is 8.31. The van der Waals surface area contributed by atoms with Crippen LogP contribution in [0.3, 0.4) is 0 Å². The smallest absolute Gasteiger partial charge is 0.119 e. The molecule has 0 heterocycles. The molecule has 1 N–H and O–H groups in total. The molecule has 2 nitrogen and oxygen atoms in total. The van der Waals surface area contributed by atoms with Crippen molar-refractivity contribution in [3.63, 3.8) is 0 Å². The largest absolute Gasteiger partial charge is 0.490 e. The fourth-order valence-electron chi connectivity index (χ4n) is 2.40. The monoisotopic (exact) mass is 232 g/mol. The average molecular weight is 232 g/mol. The first kappa shape index (κ1) is 12.2. The van der Waals surface area contributed by atoms with E-state index >= 15 is 0 Å². The van der Waals surface area contributed by atoms with Gasteiger partial charge in [-0.3, -0.25) is 0 Å². The normalized spacial score (nSPS) is 24.3. The van der Waals surface area contributed by atoms with E-state index in [-0.39, 0.29) is 6.10 Å². The summed E-state index contributed by atoms with van der Waals surface area (Å²) >= 11 is 0. The van der Waals surface area contributed by atoms with Gasteiger partial charge >= 0.3 is 0 Å². The topological polar surface area (TPSA) is 29.5 Å². The number of benzene rings is 1. The first-order chi connectivity index (χ1) is 8.29. The highest BCUT2D eigenvalue weighted by molar-refractivity contribution is 5.29. The van der Waals surface area contributed by atoms with Gasteiger partial charge in [-0.15, -0.1) is 0 Å². The van der Waals surface area contributed by atoms with Gasteiger partial charge in [-0.2, -0.15) is 0 Å². The first-order valence-corrected chi connectivity index (χ1v) is 6.31. The van der Waals surface area contributed by atoms with Crippen LogP contribution in [0.5, 0.6) is 5.75 Å². The molecule has 0 radical (unpaired) electrons. The summed E-state index contributed by atoms with van der Waals surface area (Å²) in [4.78, 5) is 0. The average Bonchev–Trinajstić information content (AvgIpc) is 2.38. The minimum absolute atomic E-state index is 0.0820. The van der Waals surface area contributed by atoms with Gasteiger partial charge in [-0.25, -0.2) is 0 Å². The molecule has 0 atom stereocenters. The number of hydrogen-bond donors (Lipinski definition) is 1. The maximum atomic E-state index is 9.49. The van der Waals surface area contributed by atoms with Crippen molar-refractivity contribution in [1.29, 1.82) is 0 Å². The second-order valence-electron chi connectivity index (χ2n) is 4.67. The van der Waals surface area contributed by atoms with E-state index in [0.717, 1.165) is 31.4 Å². The van der Waals surface area contributed by atoms with Gasteiger partial charge in [-0.1, -0.05) is 24.8 Å². The number of hydrogen-bond acceptors (Lipinski definition) is 2. The summed E-state index contributed by atoms with van der Waals surface area (Å²) in [5.41, 5.74) is 1.36. The van der Waals surface area contributed by atoms with E-state index < -0.39 is 0 Å². The lowest BCUT2D eigenvalue weighted by Gasteiger charge is -2.25. The molecule has 2 rings (SSSR count). The highest BCUT2D eigenvalue weighted by Crippen LogP contribution is 2.33. The zero-order chi connectivity index (χ0) is 12.1. The van der Waals surface area contributed by atoms with E-state index in [1.165, 1.54) is 5.56 Å². The number of ether oxygens (including phenoxy) is 1. The van der Waals surface area contributed by atoms with Crippen LogP contribution in [0.4, 0.5) is 0 Å².